The molecule has 3 aromatic rings. The van der Waals surface area contributed by atoms with E-state index >= 15 is 4.79 Å². The molecule has 0 aliphatic carbocycles. The van der Waals surface area contributed by atoms with Gasteiger partial charge in [0.1, 0.15) is 16.3 Å². The number of carbonyl (C=O) groups is 3. The number of ether oxygens (including phenoxy) is 2. The van der Waals surface area contributed by atoms with Crippen molar-refractivity contribution in [2.75, 3.05) is 19.7 Å². The first-order valence-corrected chi connectivity index (χ1v) is 18.3. The van der Waals surface area contributed by atoms with Gasteiger partial charge in [0.25, 0.3) is 11.8 Å². The highest BCUT2D eigenvalue weighted by molar-refractivity contribution is 7.10. The minimum atomic E-state index is -4.91. The summed E-state index contributed by atoms with van der Waals surface area (Å²) in [6.45, 7) is 3.75. The summed E-state index contributed by atoms with van der Waals surface area (Å²) in [7, 11) is 0. The van der Waals surface area contributed by atoms with Crippen molar-refractivity contribution in [3.8, 4) is 5.75 Å². The van der Waals surface area contributed by atoms with Gasteiger partial charge < -0.3 is 19.3 Å². The molecule has 8 nitrogen and oxygen atoms in total. The Labute approximate surface area is 306 Å². The molecule has 52 heavy (non-hydrogen) atoms. The summed E-state index contributed by atoms with van der Waals surface area (Å²) in [5.41, 5.74) is -2.46. The molecular formula is C36H38ClF6N3O5S. The Morgan fingerprint density at radius 3 is 2.46 bits per heavy atom. The fourth-order valence-corrected chi connectivity index (χ4v) is 8.10. The lowest BCUT2D eigenvalue weighted by Gasteiger charge is -2.51. The number of piperidine rings is 1. The first kappa shape index (κ1) is 39.4. The van der Waals surface area contributed by atoms with Crippen molar-refractivity contribution in [1.29, 1.82) is 0 Å². The molecule has 282 valence electrons. The van der Waals surface area contributed by atoms with Crippen LogP contribution in [-0.4, -0.2) is 63.9 Å². The van der Waals surface area contributed by atoms with Gasteiger partial charge in [0.05, 0.1) is 24.3 Å². The van der Waals surface area contributed by atoms with E-state index in [4.69, 9.17) is 21.1 Å². The lowest BCUT2D eigenvalue weighted by Crippen LogP contribution is -2.68. The van der Waals surface area contributed by atoms with E-state index < -0.39 is 64.0 Å². The van der Waals surface area contributed by atoms with E-state index in [0.29, 0.717) is 42.0 Å². The van der Waals surface area contributed by atoms with Crippen LogP contribution in [0.5, 0.6) is 5.75 Å². The number of likely N-dealkylation sites (tertiary alicyclic amines) is 1. The van der Waals surface area contributed by atoms with Gasteiger partial charge in [-0.3, -0.25) is 19.4 Å². The topological polar surface area (TPSA) is 89.0 Å². The normalized spacial score (nSPS) is 20.7. The maximum atomic E-state index is 15.3. The Hall–Kier alpha value is -3.85. The molecule has 0 spiro atoms. The zero-order valence-corrected chi connectivity index (χ0v) is 30.1. The molecule has 5 rings (SSSR count). The van der Waals surface area contributed by atoms with Crippen molar-refractivity contribution >= 4 is 40.7 Å². The molecule has 0 N–H and O–H groups in total. The number of thiophene rings is 1. The van der Waals surface area contributed by atoms with Crippen molar-refractivity contribution in [3.63, 3.8) is 0 Å². The zero-order valence-electron chi connectivity index (χ0n) is 28.5. The van der Waals surface area contributed by atoms with Crippen LogP contribution in [0, 0.1) is 0 Å². The molecule has 1 unspecified atom stereocenters. The van der Waals surface area contributed by atoms with E-state index in [1.807, 2.05) is 0 Å². The predicted octanol–water partition coefficient (Wildman–Crippen LogP) is 8.92. The van der Waals surface area contributed by atoms with Crippen molar-refractivity contribution in [1.82, 2.24) is 14.8 Å². The van der Waals surface area contributed by atoms with E-state index in [0.717, 1.165) is 45.8 Å². The van der Waals surface area contributed by atoms with Crippen LogP contribution >= 0.6 is 22.9 Å². The Kier molecular flexibility index (Phi) is 12.1. The number of alkyl halides is 6. The monoisotopic (exact) mass is 773 g/mol. The summed E-state index contributed by atoms with van der Waals surface area (Å²) in [6.07, 6.45) is -7.00. The fourth-order valence-electron chi connectivity index (χ4n) is 7.23. The van der Waals surface area contributed by atoms with Gasteiger partial charge >= 0.3 is 18.3 Å². The average molecular weight is 774 g/mol. The van der Waals surface area contributed by atoms with Gasteiger partial charge in [0.2, 0.25) is 5.60 Å². The van der Waals surface area contributed by atoms with Crippen LogP contribution < -0.4 is 4.74 Å². The number of pyridine rings is 1. The molecule has 2 aliphatic heterocycles. The SMILES string of the molecule is CCC[C@H]1N(C(=O)c2ncccc2C(F)(F)F)CCC[C@@]1(Oc1csc(C(F)(F)F)c1)C(=O)N1CCc2cc(Cl)ccc2C1CCCC(=O)OCC. The Morgan fingerprint density at radius 2 is 1.79 bits per heavy atom. The number of halogens is 7. The first-order valence-electron chi connectivity index (χ1n) is 17.0. The lowest BCUT2D eigenvalue weighted by atomic mass is 9.78. The number of carbonyl (C=O) groups excluding carboxylic acids is 3. The van der Waals surface area contributed by atoms with Crippen LogP contribution in [0.15, 0.2) is 48.0 Å². The van der Waals surface area contributed by atoms with E-state index in [1.165, 1.54) is 0 Å². The third kappa shape index (κ3) is 8.35. The standard InChI is InChI=1S/C36H38ClF6N3O5S/c1-3-8-28-34(51-24-20-29(52-21-24)36(41,42)43,15-7-17-46(28)32(48)31-26(35(38,39)40)9-6-16-44-31)33(49)45-18-14-22-19-23(37)12-13-25(22)27(45)10-5-11-30(47)50-4-2/h6,9,12-13,16,19-21,27-28H,3-5,7-8,10-11,14-15,17-18H2,1-2H3/t27?,28-,34+/m1/s1. The number of rotatable bonds is 11. The van der Waals surface area contributed by atoms with Crippen molar-refractivity contribution in [2.24, 2.45) is 0 Å². The molecule has 1 saturated heterocycles. The summed E-state index contributed by atoms with van der Waals surface area (Å²) >= 11 is 6.69. The number of fused-ring (bicyclic) bond motifs is 1. The van der Waals surface area contributed by atoms with Crippen LogP contribution in [-0.2, 0) is 33.1 Å². The van der Waals surface area contributed by atoms with Gasteiger partial charge in [0.15, 0.2) is 0 Å². The van der Waals surface area contributed by atoms with Crippen LogP contribution in [0.3, 0.4) is 0 Å². The molecule has 2 aliphatic rings. The number of hydrogen-bond donors (Lipinski definition) is 0. The summed E-state index contributed by atoms with van der Waals surface area (Å²) in [6, 6.07) is 6.04. The smallest absolute Gasteiger partial charge is 0.425 e. The van der Waals surface area contributed by atoms with Gasteiger partial charge in [-0.2, -0.15) is 26.3 Å². The average Bonchev–Trinajstić information content (AvgIpc) is 3.57. The number of aromatic nitrogens is 1. The van der Waals surface area contributed by atoms with E-state index in [9.17, 15) is 35.9 Å². The Morgan fingerprint density at radius 1 is 1.02 bits per heavy atom. The second-order valence-corrected chi connectivity index (χ2v) is 14.1. The summed E-state index contributed by atoms with van der Waals surface area (Å²) in [5.74, 6) is -2.36. The molecule has 2 aromatic heterocycles. The number of amides is 2. The van der Waals surface area contributed by atoms with Crippen molar-refractivity contribution in [2.45, 2.75) is 95.3 Å². The number of esters is 1. The second-order valence-electron chi connectivity index (χ2n) is 12.7. The number of hydrogen-bond acceptors (Lipinski definition) is 7. The molecule has 1 fully saturated rings. The van der Waals surface area contributed by atoms with Gasteiger partial charge in [-0.05, 0) is 74.4 Å². The maximum absolute atomic E-state index is 15.3. The van der Waals surface area contributed by atoms with Gasteiger partial charge in [-0.1, -0.05) is 31.0 Å². The summed E-state index contributed by atoms with van der Waals surface area (Å²) in [5, 5.41) is 1.62. The van der Waals surface area contributed by atoms with E-state index in [-0.39, 0.29) is 51.1 Å². The number of nitrogens with zero attached hydrogens (tertiary/aromatic N) is 3. The van der Waals surface area contributed by atoms with Gasteiger partial charge in [-0.15, -0.1) is 11.3 Å². The summed E-state index contributed by atoms with van der Waals surface area (Å²) in [4.78, 5) is 47.2. The minimum Gasteiger partial charge on any atom is -0.474 e. The highest BCUT2D eigenvalue weighted by Crippen LogP contribution is 2.45. The number of benzene rings is 1. The fraction of sp³-hybridized carbons (Fsp3) is 0.500. The summed E-state index contributed by atoms with van der Waals surface area (Å²) < 4.78 is 95.0. The third-order valence-corrected chi connectivity index (χ3v) is 10.6. The first-order chi connectivity index (χ1) is 24.6. The van der Waals surface area contributed by atoms with Gasteiger partial charge in [0, 0.05) is 48.6 Å². The molecule has 1 aromatic carbocycles. The Balaban J connectivity index is 1.62. The molecule has 16 heteroatoms. The maximum Gasteiger partial charge on any atom is 0.425 e. The quantitative estimate of drug-likeness (QED) is 0.143. The lowest BCUT2D eigenvalue weighted by molar-refractivity contribution is -0.162. The van der Waals surface area contributed by atoms with Crippen molar-refractivity contribution in [3.05, 3.63) is 80.3 Å². The van der Waals surface area contributed by atoms with E-state index in [1.54, 1.807) is 36.9 Å². The molecule has 3 atom stereocenters. The molecule has 2 amide bonds. The Bertz CT molecular complexity index is 1770. The molecular weight excluding hydrogens is 736 g/mol. The molecule has 0 radical (unpaired) electrons. The zero-order chi connectivity index (χ0) is 37.8. The van der Waals surface area contributed by atoms with Crippen molar-refractivity contribution < 1.29 is 50.2 Å². The van der Waals surface area contributed by atoms with Crippen LogP contribution in [0.25, 0.3) is 0 Å². The second kappa shape index (κ2) is 16.0. The highest BCUT2D eigenvalue weighted by atomic mass is 35.5. The van der Waals surface area contributed by atoms with Crippen LogP contribution in [0.2, 0.25) is 5.02 Å². The molecule has 4 heterocycles. The molecule has 0 saturated carbocycles. The predicted molar refractivity (Wildman–Crippen MR) is 181 cm³/mol. The van der Waals surface area contributed by atoms with E-state index in [2.05, 4.69) is 4.98 Å². The molecule has 0 bridgehead atoms. The highest BCUT2D eigenvalue weighted by Gasteiger charge is 2.57. The third-order valence-electron chi connectivity index (χ3n) is 9.40. The largest absolute Gasteiger partial charge is 0.474 e. The van der Waals surface area contributed by atoms with Crippen LogP contribution in [0.4, 0.5) is 26.3 Å². The van der Waals surface area contributed by atoms with Crippen LogP contribution in [0.1, 0.15) is 96.9 Å². The van der Waals surface area contributed by atoms with Gasteiger partial charge in [-0.25, -0.2) is 0 Å². The minimum absolute atomic E-state index is 0.0364.